The Hall–Kier alpha value is -4.09. The maximum Gasteiger partial charge on any atom is 0.235 e. The van der Waals surface area contributed by atoms with Crippen molar-refractivity contribution < 1.29 is 38.4 Å². The Labute approximate surface area is 284 Å². The summed E-state index contributed by atoms with van der Waals surface area (Å²) >= 11 is 3.60. The second kappa shape index (κ2) is 16.1. The van der Waals surface area contributed by atoms with Crippen LogP contribution in [0, 0.1) is 11.8 Å². The van der Waals surface area contributed by atoms with E-state index in [1.54, 1.807) is 60.7 Å². The lowest BCUT2D eigenvalue weighted by molar-refractivity contribution is -0.150. The van der Waals surface area contributed by atoms with Crippen LogP contribution in [-0.4, -0.2) is 54.7 Å². The van der Waals surface area contributed by atoms with Crippen LogP contribution < -0.4 is 29.6 Å². The van der Waals surface area contributed by atoms with Crippen LogP contribution in [0.4, 0.5) is 11.4 Å². The highest BCUT2D eigenvalue weighted by Gasteiger charge is 2.56. The summed E-state index contributed by atoms with van der Waals surface area (Å²) in [5.74, 6) is -3.70. The first kappa shape index (κ1) is 35.8. The number of hydrogen-bond acceptors (Lipinski definition) is 8. The van der Waals surface area contributed by atoms with Gasteiger partial charge in [-0.3, -0.25) is 14.4 Å². The SMILES string of the molecule is CCCOc1c(Br)cc(C2C(C(=O)Nc3ccccc3OCC)C(=O)CC(C)(O)C2C(=O)Nc2ccccc2OCC)cc1OCC. The van der Waals surface area contributed by atoms with Crippen molar-refractivity contribution in [1.82, 2.24) is 0 Å². The summed E-state index contributed by atoms with van der Waals surface area (Å²) in [7, 11) is 0. The van der Waals surface area contributed by atoms with Crippen molar-refractivity contribution in [3.05, 3.63) is 70.7 Å². The Morgan fingerprint density at radius 3 is 1.91 bits per heavy atom. The fourth-order valence-corrected chi connectivity index (χ4v) is 6.58. The number of halogens is 1. The van der Waals surface area contributed by atoms with Gasteiger partial charge >= 0.3 is 0 Å². The minimum Gasteiger partial charge on any atom is -0.492 e. The molecule has 47 heavy (non-hydrogen) atoms. The molecule has 4 rings (SSSR count). The molecule has 3 aromatic carbocycles. The van der Waals surface area contributed by atoms with Gasteiger partial charge < -0.3 is 34.7 Å². The van der Waals surface area contributed by atoms with Gasteiger partial charge in [-0.25, -0.2) is 0 Å². The van der Waals surface area contributed by atoms with Crippen LogP contribution in [0.3, 0.4) is 0 Å². The number of ketones is 1. The fraction of sp³-hybridized carbons (Fsp3) is 0.417. The molecule has 4 unspecified atom stereocenters. The molecule has 2 amide bonds. The smallest absolute Gasteiger partial charge is 0.235 e. The van der Waals surface area contributed by atoms with Crippen molar-refractivity contribution in [2.24, 2.45) is 11.8 Å². The standard InChI is InChI=1S/C36H43BrN2O8/c1-6-18-47-33-23(37)19-22(20-29(33)46-9-4)30-31(34(41)38-24-14-10-12-16-27(24)44-7-2)26(40)21-36(5,43)32(30)35(42)39-25-15-11-13-17-28(25)45-8-3/h10-17,19-20,30-32,43H,6-9,18,21H2,1-5H3,(H,38,41)(H,39,42). The second-order valence-electron chi connectivity index (χ2n) is 11.4. The third kappa shape index (κ3) is 8.26. The predicted molar refractivity (Wildman–Crippen MR) is 184 cm³/mol. The highest BCUT2D eigenvalue weighted by Crippen LogP contribution is 2.50. The van der Waals surface area contributed by atoms with Crippen molar-refractivity contribution in [3.63, 3.8) is 0 Å². The molecule has 1 aliphatic carbocycles. The summed E-state index contributed by atoms with van der Waals surface area (Å²) < 4.78 is 23.9. The van der Waals surface area contributed by atoms with E-state index in [1.165, 1.54) is 6.92 Å². The Bertz CT molecular complexity index is 1580. The summed E-state index contributed by atoms with van der Waals surface area (Å²) in [6.07, 6.45) is 0.341. The maximum absolute atomic E-state index is 14.3. The zero-order valence-electron chi connectivity index (χ0n) is 27.4. The zero-order chi connectivity index (χ0) is 34.1. The fourth-order valence-electron chi connectivity index (χ4n) is 6.00. The third-order valence-corrected chi connectivity index (χ3v) is 8.48. The van der Waals surface area contributed by atoms with Gasteiger partial charge in [0.05, 0.1) is 53.8 Å². The van der Waals surface area contributed by atoms with E-state index >= 15 is 0 Å². The largest absolute Gasteiger partial charge is 0.492 e. The molecule has 10 nitrogen and oxygen atoms in total. The lowest BCUT2D eigenvalue weighted by Gasteiger charge is -2.44. The van der Waals surface area contributed by atoms with E-state index in [9.17, 15) is 19.5 Å². The molecule has 1 fully saturated rings. The van der Waals surface area contributed by atoms with Crippen molar-refractivity contribution in [1.29, 1.82) is 0 Å². The first-order valence-electron chi connectivity index (χ1n) is 16.0. The summed E-state index contributed by atoms with van der Waals surface area (Å²) in [4.78, 5) is 42.5. The van der Waals surface area contributed by atoms with Crippen molar-refractivity contribution in [2.45, 2.75) is 59.0 Å². The molecule has 0 saturated heterocycles. The van der Waals surface area contributed by atoms with E-state index < -0.39 is 47.4 Å². The minimum absolute atomic E-state index is 0.315. The van der Waals surface area contributed by atoms with E-state index in [0.717, 1.165) is 6.42 Å². The number of para-hydroxylation sites is 4. The topological polar surface area (TPSA) is 132 Å². The molecule has 0 aliphatic heterocycles. The highest BCUT2D eigenvalue weighted by atomic mass is 79.9. The number of benzene rings is 3. The number of nitrogens with one attached hydrogen (secondary N) is 2. The molecule has 0 radical (unpaired) electrons. The van der Waals surface area contributed by atoms with E-state index in [0.29, 0.717) is 70.8 Å². The minimum atomic E-state index is -1.82. The molecule has 4 atom stereocenters. The lowest BCUT2D eigenvalue weighted by atomic mass is 9.61. The average Bonchev–Trinajstić information content (AvgIpc) is 3.02. The number of amides is 2. The van der Waals surface area contributed by atoms with Gasteiger partial charge in [0.15, 0.2) is 11.5 Å². The maximum atomic E-state index is 14.3. The number of carbonyl (C=O) groups is 3. The number of aliphatic hydroxyl groups is 1. The van der Waals surface area contributed by atoms with Crippen LogP contribution in [0.25, 0.3) is 0 Å². The van der Waals surface area contributed by atoms with Crippen molar-refractivity contribution >= 4 is 44.9 Å². The van der Waals surface area contributed by atoms with Crippen LogP contribution in [0.15, 0.2) is 65.1 Å². The number of carbonyl (C=O) groups excluding carboxylic acids is 3. The van der Waals surface area contributed by atoms with Crippen molar-refractivity contribution in [3.8, 4) is 23.0 Å². The zero-order valence-corrected chi connectivity index (χ0v) is 29.0. The van der Waals surface area contributed by atoms with Crippen LogP contribution in [0.5, 0.6) is 23.0 Å². The molecule has 11 heteroatoms. The average molecular weight is 712 g/mol. The van der Waals surface area contributed by atoms with E-state index in [2.05, 4.69) is 26.6 Å². The number of rotatable bonds is 14. The molecule has 1 saturated carbocycles. The van der Waals surface area contributed by atoms with Gasteiger partial charge in [-0.15, -0.1) is 0 Å². The molecule has 3 N–H and O–H groups in total. The molecular formula is C36H43BrN2O8. The quantitative estimate of drug-likeness (QED) is 0.157. The Kier molecular flexibility index (Phi) is 12.3. The molecule has 0 bridgehead atoms. The van der Waals surface area contributed by atoms with Crippen LogP contribution in [-0.2, 0) is 14.4 Å². The van der Waals surface area contributed by atoms with E-state index in [1.807, 2.05) is 27.7 Å². The first-order chi connectivity index (χ1) is 22.6. The molecular weight excluding hydrogens is 668 g/mol. The Morgan fingerprint density at radius 2 is 1.36 bits per heavy atom. The van der Waals surface area contributed by atoms with E-state index in [-0.39, 0.29) is 0 Å². The predicted octanol–water partition coefficient (Wildman–Crippen LogP) is 6.75. The normalized spacial score (nSPS) is 20.7. The van der Waals surface area contributed by atoms with Crippen LogP contribution >= 0.6 is 15.9 Å². The first-order valence-corrected chi connectivity index (χ1v) is 16.7. The summed E-state index contributed by atoms with van der Waals surface area (Å²) in [6.45, 7) is 10.4. The number of ether oxygens (including phenoxy) is 4. The summed E-state index contributed by atoms with van der Waals surface area (Å²) in [5, 5.41) is 17.6. The number of hydrogen-bond donors (Lipinski definition) is 3. The van der Waals surface area contributed by atoms with Gasteiger partial charge in [-0.05, 0) is 92.0 Å². The van der Waals surface area contributed by atoms with Gasteiger partial charge in [-0.2, -0.15) is 0 Å². The van der Waals surface area contributed by atoms with Gasteiger partial charge in [0, 0.05) is 12.3 Å². The van der Waals surface area contributed by atoms with Crippen LogP contribution in [0.1, 0.15) is 58.9 Å². The van der Waals surface area contributed by atoms with Gasteiger partial charge in [0.1, 0.15) is 23.2 Å². The third-order valence-electron chi connectivity index (χ3n) is 7.89. The molecule has 0 heterocycles. The summed E-state index contributed by atoms with van der Waals surface area (Å²) in [6, 6.07) is 17.3. The Balaban J connectivity index is 1.87. The van der Waals surface area contributed by atoms with Gasteiger partial charge in [0.25, 0.3) is 0 Å². The summed E-state index contributed by atoms with van der Waals surface area (Å²) in [5.41, 5.74) is -0.595. The number of anilines is 2. The lowest BCUT2D eigenvalue weighted by Crippen LogP contribution is -2.56. The molecule has 0 spiro atoms. The number of Topliss-reactive ketones (excluding diaryl/α,β-unsaturated/α-hetero) is 1. The molecule has 0 aromatic heterocycles. The molecule has 252 valence electrons. The molecule has 1 aliphatic rings. The van der Waals surface area contributed by atoms with Gasteiger partial charge in [0.2, 0.25) is 11.8 Å². The Morgan fingerprint density at radius 1 is 0.830 bits per heavy atom. The van der Waals surface area contributed by atoms with Gasteiger partial charge in [-0.1, -0.05) is 31.2 Å². The van der Waals surface area contributed by atoms with Crippen molar-refractivity contribution in [2.75, 3.05) is 37.1 Å². The highest BCUT2D eigenvalue weighted by molar-refractivity contribution is 9.10. The van der Waals surface area contributed by atoms with E-state index in [4.69, 9.17) is 18.9 Å². The monoisotopic (exact) mass is 710 g/mol. The second-order valence-corrected chi connectivity index (χ2v) is 12.3. The molecule has 3 aromatic rings. The van der Waals surface area contributed by atoms with Crippen LogP contribution in [0.2, 0.25) is 0 Å².